The molecule has 0 amide bonds. The molecule has 0 fully saturated rings. The highest BCUT2D eigenvalue weighted by Gasteiger charge is 2.14. The van der Waals surface area contributed by atoms with Gasteiger partial charge in [-0.1, -0.05) is 37.6 Å². The van der Waals surface area contributed by atoms with Crippen molar-refractivity contribution in [2.75, 3.05) is 45.8 Å². The van der Waals surface area contributed by atoms with Crippen LogP contribution in [-0.4, -0.2) is 45.8 Å². The zero-order valence-electron chi connectivity index (χ0n) is 19.1. The molecule has 2 aromatic rings. The van der Waals surface area contributed by atoms with Gasteiger partial charge in [0.05, 0.1) is 14.2 Å². The van der Waals surface area contributed by atoms with E-state index < -0.39 is 0 Å². The van der Waals surface area contributed by atoms with Gasteiger partial charge in [0, 0.05) is 31.4 Å². The molecule has 0 radical (unpaired) electrons. The SMILES string of the molecule is CCCCN(C)CCc1ccc(CN(CC)c2cc(OC)c(OC)cc2C)cc1. The fraction of sp³-hybridized carbons (Fsp3) is 0.520. The van der Waals surface area contributed by atoms with Crippen LogP contribution in [0.5, 0.6) is 11.5 Å². The minimum Gasteiger partial charge on any atom is -0.493 e. The van der Waals surface area contributed by atoms with Crippen molar-refractivity contribution in [2.24, 2.45) is 0 Å². The lowest BCUT2D eigenvalue weighted by Gasteiger charge is -2.26. The lowest BCUT2D eigenvalue weighted by molar-refractivity contribution is 0.332. The van der Waals surface area contributed by atoms with Crippen molar-refractivity contribution < 1.29 is 9.47 Å². The van der Waals surface area contributed by atoms with Crippen LogP contribution >= 0.6 is 0 Å². The molecule has 2 aromatic carbocycles. The highest BCUT2D eigenvalue weighted by molar-refractivity contribution is 5.61. The maximum Gasteiger partial charge on any atom is 0.162 e. The smallest absolute Gasteiger partial charge is 0.162 e. The van der Waals surface area contributed by atoms with Gasteiger partial charge in [-0.2, -0.15) is 0 Å². The van der Waals surface area contributed by atoms with Crippen molar-refractivity contribution in [3.63, 3.8) is 0 Å². The van der Waals surface area contributed by atoms with Gasteiger partial charge in [0.15, 0.2) is 11.5 Å². The molecule has 0 bridgehead atoms. The van der Waals surface area contributed by atoms with Gasteiger partial charge in [-0.25, -0.2) is 0 Å². The van der Waals surface area contributed by atoms with Gasteiger partial charge in [-0.15, -0.1) is 0 Å². The Morgan fingerprint density at radius 1 is 0.862 bits per heavy atom. The first kappa shape index (κ1) is 23.1. The van der Waals surface area contributed by atoms with E-state index >= 15 is 0 Å². The molecule has 160 valence electrons. The number of ether oxygens (including phenoxy) is 2. The first-order valence-electron chi connectivity index (χ1n) is 10.8. The minimum atomic E-state index is 0.772. The summed E-state index contributed by atoms with van der Waals surface area (Å²) < 4.78 is 10.9. The number of hydrogen-bond acceptors (Lipinski definition) is 4. The summed E-state index contributed by atoms with van der Waals surface area (Å²) in [7, 11) is 5.58. The number of unbranched alkanes of at least 4 members (excludes halogenated alkanes) is 1. The molecule has 2 rings (SSSR count). The summed E-state index contributed by atoms with van der Waals surface area (Å²) in [4.78, 5) is 4.81. The van der Waals surface area contributed by atoms with E-state index in [-0.39, 0.29) is 0 Å². The molecule has 0 spiro atoms. The minimum absolute atomic E-state index is 0.772. The Bertz CT molecular complexity index is 743. The average molecular weight is 399 g/mol. The van der Waals surface area contributed by atoms with Crippen molar-refractivity contribution >= 4 is 5.69 Å². The summed E-state index contributed by atoms with van der Waals surface area (Å²) in [6, 6.07) is 13.2. The summed E-state index contributed by atoms with van der Waals surface area (Å²) in [6.07, 6.45) is 3.64. The molecule has 29 heavy (non-hydrogen) atoms. The monoisotopic (exact) mass is 398 g/mol. The predicted octanol–water partition coefficient (Wildman–Crippen LogP) is 5.31. The summed E-state index contributed by atoms with van der Waals surface area (Å²) in [5, 5.41) is 0. The number of benzene rings is 2. The molecule has 0 aromatic heterocycles. The van der Waals surface area contributed by atoms with Crippen LogP contribution in [0.1, 0.15) is 43.4 Å². The third-order valence-electron chi connectivity index (χ3n) is 5.50. The lowest BCUT2D eigenvalue weighted by Crippen LogP contribution is -2.23. The summed E-state index contributed by atoms with van der Waals surface area (Å²) >= 11 is 0. The van der Waals surface area contributed by atoms with Gasteiger partial charge in [-0.05, 0) is 63.0 Å². The maximum absolute atomic E-state index is 5.51. The van der Waals surface area contributed by atoms with Gasteiger partial charge < -0.3 is 19.3 Å². The fourth-order valence-electron chi connectivity index (χ4n) is 3.57. The van der Waals surface area contributed by atoms with Crippen LogP contribution in [0.25, 0.3) is 0 Å². The van der Waals surface area contributed by atoms with Crippen molar-refractivity contribution in [1.82, 2.24) is 4.90 Å². The summed E-state index contributed by atoms with van der Waals surface area (Å²) in [5.74, 6) is 1.55. The summed E-state index contributed by atoms with van der Waals surface area (Å²) in [6.45, 7) is 10.7. The topological polar surface area (TPSA) is 24.9 Å². The van der Waals surface area contributed by atoms with Crippen LogP contribution in [0.15, 0.2) is 36.4 Å². The highest BCUT2D eigenvalue weighted by atomic mass is 16.5. The van der Waals surface area contributed by atoms with Gasteiger partial charge in [0.1, 0.15) is 0 Å². The number of nitrogens with zero attached hydrogens (tertiary/aromatic N) is 2. The molecular formula is C25H38N2O2. The molecule has 0 unspecified atom stereocenters. The van der Waals surface area contributed by atoms with Gasteiger partial charge in [-0.3, -0.25) is 0 Å². The lowest BCUT2D eigenvalue weighted by atomic mass is 10.1. The average Bonchev–Trinajstić information content (AvgIpc) is 2.75. The fourth-order valence-corrected chi connectivity index (χ4v) is 3.57. The van der Waals surface area contributed by atoms with Crippen molar-refractivity contribution in [2.45, 2.75) is 46.6 Å². The number of hydrogen-bond donors (Lipinski definition) is 0. The first-order valence-corrected chi connectivity index (χ1v) is 10.8. The Hall–Kier alpha value is -2.20. The maximum atomic E-state index is 5.51. The van der Waals surface area contributed by atoms with E-state index in [1.54, 1.807) is 14.2 Å². The van der Waals surface area contributed by atoms with Crippen LogP contribution in [0.4, 0.5) is 5.69 Å². The third-order valence-corrected chi connectivity index (χ3v) is 5.50. The Morgan fingerprint density at radius 3 is 2.07 bits per heavy atom. The standard InChI is InChI=1S/C25H38N2O2/c1-7-9-15-26(4)16-14-21-10-12-22(13-11-21)19-27(8-2)23-18-25(29-6)24(28-5)17-20(23)3/h10-13,17-18H,7-9,14-16,19H2,1-6H3. The molecule has 0 heterocycles. The second kappa shape index (κ2) is 11.7. The quantitative estimate of drug-likeness (QED) is 0.483. The largest absolute Gasteiger partial charge is 0.493 e. The first-order chi connectivity index (χ1) is 14.0. The predicted molar refractivity (Wildman–Crippen MR) is 124 cm³/mol. The van der Waals surface area contributed by atoms with E-state index in [4.69, 9.17) is 9.47 Å². The van der Waals surface area contributed by atoms with Crippen LogP contribution in [0.3, 0.4) is 0 Å². The number of likely N-dealkylation sites (N-methyl/N-ethyl adjacent to an activating group) is 1. The Morgan fingerprint density at radius 2 is 1.48 bits per heavy atom. The highest BCUT2D eigenvalue weighted by Crippen LogP contribution is 2.35. The van der Waals surface area contributed by atoms with Crippen LogP contribution in [-0.2, 0) is 13.0 Å². The zero-order chi connectivity index (χ0) is 21.2. The van der Waals surface area contributed by atoms with E-state index in [0.29, 0.717) is 0 Å². The van der Waals surface area contributed by atoms with E-state index in [0.717, 1.165) is 37.6 Å². The molecule has 0 saturated carbocycles. The van der Waals surface area contributed by atoms with E-state index in [1.165, 1.54) is 41.8 Å². The second-order valence-corrected chi connectivity index (χ2v) is 7.73. The second-order valence-electron chi connectivity index (χ2n) is 7.73. The molecule has 0 aliphatic heterocycles. The number of anilines is 1. The number of methoxy groups -OCH3 is 2. The van der Waals surface area contributed by atoms with Gasteiger partial charge >= 0.3 is 0 Å². The van der Waals surface area contributed by atoms with Crippen LogP contribution in [0.2, 0.25) is 0 Å². The molecule has 0 aliphatic carbocycles. The van der Waals surface area contributed by atoms with E-state index in [9.17, 15) is 0 Å². The van der Waals surface area contributed by atoms with E-state index in [1.807, 2.05) is 0 Å². The molecule has 0 N–H and O–H groups in total. The Labute approximate surface area is 177 Å². The molecule has 4 heteroatoms. The van der Waals surface area contributed by atoms with Crippen molar-refractivity contribution in [3.8, 4) is 11.5 Å². The van der Waals surface area contributed by atoms with E-state index in [2.05, 4.69) is 74.0 Å². The third kappa shape index (κ3) is 6.67. The van der Waals surface area contributed by atoms with Gasteiger partial charge in [0.25, 0.3) is 0 Å². The Kier molecular flexibility index (Phi) is 9.33. The normalized spacial score (nSPS) is 11.0. The van der Waals surface area contributed by atoms with Crippen molar-refractivity contribution in [3.05, 3.63) is 53.1 Å². The molecule has 0 aliphatic rings. The number of rotatable bonds is 12. The van der Waals surface area contributed by atoms with Crippen molar-refractivity contribution in [1.29, 1.82) is 0 Å². The molecule has 4 nitrogen and oxygen atoms in total. The molecular weight excluding hydrogens is 360 g/mol. The van der Waals surface area contributed by atoms with Crippen LogP contribution in [0, 0.1) is 6.92 Å². The molecule has 0 atom stereocenters. The number of aryl methyl sites for hydroxylation is 1. The zero-order valence-corrected chi connectivity index (χ0v) is 19.1. The molecule has 0 saturated heterocycles. The summed E-state index contributed by atoms with van der Waals surface area (Å²) in [5.41, 5.74) is 5.11. The Balaban J connectivity index is 2.04. The van der Waals surface area contributed by atoms with Gasteiger partial charge in [0.2, 0.25) is 0 Å². The van der Waals surface area contributed by atoms with Crippen LogP contribution < -0.4 is 14.4 Å².